The van der Waals surface area contributed by atoms with E-state index in [-0.39, 0.29) is 5.69 Å². The predicted molar refractivity (Wildman–Crippen MR) is 52.4 cm³/mol. The van der Waals surface area contributed by atoms with Crippen molar-refractivity contribution in [1.82, 2.24) is 9.78 Å². The second-order valence-corrected chi connectivity index (χ2v) is 3.61. The Morgan fingerprint density at radius 2 is 1.58 bits per heavy atom. The molecule has 19 heavy (non-hydrogen) atoms. The lowest BCUT2D eigenvalue weighted by Gasteiger charge is -2.16. The van der Waals surface area contributed by atoms with E-state index in [9.17, 15) is 26.3 Å². The molecule has 0 atom stereocenters. The quantitative estimate of drug-likeness (QED) is 0.728. The summed E-state index contributed by atoms with van der Waals surface area (Å²) in [4.78, 5) is 0. The molecule has 0 aliphatic heterocycles. The SMILES string of the molecule is FC(F)(F)c1ccc(-n2cc[c]n2)cc1C(F)(F)F. The van der Waals surface area contributed by atoms with Crippen LogP contribution in [0.15, 0.2) is 30.5 Å². The van der Waals surface area contributed by atoms with Crippen LogP contribution in [-0.4, -0.2) is 9.78 Å². The maximum absolute atomic E-state index is 12.7. The highest BCUT2D eigenvalue weighted by molar-refractivity contribution is 5.42. The second-order valence-electron chi connectivity index (χ2n) is 3.61. The fraction of sp³-hybridized carbons (Fsp3) is 0.182. The zero-order valence-electron chi connectivity index (χ0n) is 9.05. The molecule has 1 heterocycles. The summed E-state index contributed by atoms with van der Waals surface area (Å²) in [7, 11) is 0. The fourth-order valence-corrected chi connectivity index (χ4v) is 1.53. The van der Waals surface area contributed by atoms with E-state index in [1.165, 1.54) is 12.3 Å². The first kappa shape index (κ1) is 13.4. The van der Waals surface area contributed by atoms with Gasteiger partial charge in [-0.2, -0.15) is 31.4 Å². The molecule has 0 saturated heterocycles. The summed E-state index contributed by atoms with van der Waals surface area (Å²) in [6, 6.07) is 3.04. The lowest BCUT2D eigenvalue weighted by molar-refractivity contribution is -0.162. The first-order valence-electron chi connectivity index (χ1n) is 4.90. The van der Waals surface area contributed by atoms with Crippen LogP contribution in [0.2, 0.25) is 0 Å². The maximum Gasteiger partial charge on any atom is 0.417 e. The van der Waals surface area contributed by atoms with Gasteiger partial charge in [0.2, 0.25) is 0 Å². The molecule has 1 aromatic heterocycles. The monoisotopic (exact) mass is 279 g/mol. The van der Waals surface area contributed by atoms with E-state index in [0.717, 1.165) is 10.7 Å². The molecule has 0 aliphatic carbocycles. The van der Waals surface area contributed by atoms with E-state index in [1.807, 2.05) is 0 Å². The van der Waals surface area contributed by atoms with Gasteiger partial charge in [0.15, 0.2) is 0 Å². The van der Waals surface area contributed by atoms with Gasteiger partial charge in [-0.25, -0.2) is 4.68 Å². The van der Waals surface area contributed by atoms with Gasteiger partial charge in [-0.05, 0) is 24.3 Å². The normalized spacial score (nSPS) is 12.7. The van der Waals surface area contributed by atoms with Crippen LogP contribution in [0.5, 0.6) is 0 Å². The number of hydrogen-bond acceptors (Lipinski definition) is 1. The van der Waals surface area contributed by atoms with Gasteiger partial charge in [0.25, 0.3) is 0 Å². The number of benzene rings is 1. The van der Waals surface area contributed by atoms with E-state index in [1.54, 1.807) is 0 Å². The molecule has 0 saturated carbocycles. The number of rotatable bonds is 1. The van der Waals surface area contributed by atoms with Gasteiger partial charge in [-0.1, -0.05) is 0 Å². The summed E-state index contributed by atoms with van der Waals surface area (Å²) >= 11 is 0. The van der Waals surface area contributed by atoms with Crippen LogP contribution in [-0.2, 0) is 12.4 Å². The van der Waals surface area contributed by atoms with Gasteiger partial charge < -0.3 is 0 Å². The molecule has 2 rings (SSSR count). The third-order valence-electron chi connectivity index (χ3n) is 2.33. The van der Waals surface area contributed by atoms with Crippen molar-refractivity contribution in [2.45, 2.75) is 12.4 Å². The Labute approximate surface area is 103 Å². The zero-order valence-corrected chi connectivity index (χ0v) is 9.05. The summed E-state index contributed by atoms with van der Waals surface area (Å²) in [6.45, 7) is 0. The van der Waals surface area contributed by atoms with E-state index in [0.29, 0.717) is 12.1 Å². The molecular formula is C11H5F6N2. The molecule has 0 unspecified atom stereocenters. The van der Waals surface area contributed by atoms with Gasteiger partial charge in [-0.3, -0.25) is 0 Å². The Morgan fingerprint density at radius 1 is 0.947 bits per heavy atom. The topological polar surface area (TPSA) is 17.8 Å². The minimum atomic E-state index is -5.10. The minimum Gasteiger partial charge on any atom is -0.240 e. The Kier molecular flexibility index (Phi) is 3.03. The van der Waals surface area contributed by atoms with Crippen molar-refractivity contribution >= 4 is 0 Å². The summed E-state index contributed by atoms with van der Waals surface area (Å²) in [6.07, 6.45) is -6.55. The summed E-state index contributed by atoms with van der Waals surface area (Å²) in [5.41, 5.74) is -3.59. The van der Waals surface area contributed by atoms with Gasteiger partial charge in [0.05, 0.1) is 16.8 Å². The fourth-order valence-electron chi connectivity index (χ4n) is 1.53. The zero-order chi connectivity index (χ0) is 14.3. The van der Waals surface area contributed by atoms with Crippen LogP contribution >= 0.6 is 0 Å². The molecule has 2 nitrogen and oxygen atoms in total. The summed E-state index contributed by atoms with van der Waals surface area (Å²) < 4.78 is 76.6. The molecule has 1 radical (unpaired) electrons. The maximum atomic E-state index is 12.7. The van der Waals surface area contributed by atoms with Crippen molar-refractivity contribution in [3.63, 3.8) is 0 Å². The largest absolute Gasteiger partial charge is 0.417 e. The number of nitrogens with zero attached hydrogens (tertiary/aromatic N) is 2. The van der Waals surface area contributed by atoms with Crippen LogP contribution in [0.4, 0.5) is 26.3 Å². The summed E-state index contributed by atoms with van der Waals surface area (Å²) in [5.74, 6) is 0. The Morgan fingerprint density at radius 3 is 2.05 bits per heavy atom. The van der Waals surface area contributed by atoms with E-state index < -0.39 is 23.5 Å². The molecule has 0 bridgehead atoms. The third-order valence-corrected chi connectivity index (χ3v) is 2.33. The summed E-state index contributed by atoms with van der Waals surface area (Å²) in [5, 5.41) is 3.54. The first-order chi connectivity index (χ1) is 8.69. The van der Waals surface area contributed by atoms with Gasteiger partial charge >= 0.3 is 12.4 Å². The van der Waals surface area contributed by atoms with Crippen LogP contribution in [0, 0.1) is 6.20 Å². The van der Waals surface area contributed by atoms with Crippen LogP contribution in [0.3, 0.4) is 0 Å². The van der Waals surface area contributed by atoms with Gasteiger partial charge in [-0.15, -0.1) is 0 Å². The standard InChI is InChI=1S/C11H5F6N2/c12-10(13,14)8-3-2-7(19-5-1-4-18-19)6-9(8)11(15,16)17/h1-3,5-6H. The Bertz CT molecular complexity index is 568. The smallest absolute Gasteiger partial charge is 0.240 e. The lowest BCUT2D eigenvalue weighted by atomic mass is 10.1. The average Bonchev–Trinajstić information content (AvgIpc) is 2.79. The Hall–Kier alpha value is -1.99. The van der Waals surface area contributed by atoms with Crippen molar-refractivity contribution < 1.29 is 26.3 Å². The van der Waals surface area contributed by atoms with Crippen molar-refractivity contribution in [3.05, 3.63) is 47.8 Å². The predicted octanol–water partition coefficient (Wildman–Crippen LogP) is 3.71. The third kappa shape index (κ3) is 2.72. The van der Waals surface area contributed by atoms with Crippen LogP contribution < -0.4 is 0 Å². The number of hydrogen-bond donors (Lipinski definition) is 0. The van der Waals surface area contributed by atoms with Crippen LogP contribution in [0.25, 0.3) is 5.69 Å². The molecule has 2 aromatic rings. The number of halogens is 6. The highest BCUT2D eigenvalue weighted by Gasteiger charge is 2.43. The lowest BCUT2D eigenvalue weighted by Crippen LogP contribution is -2.17. The molecule has 101 valence electrons. The number of aromatic nitrogens is 2. The molecule has 0 N–H and O–H groups in total. The van der Waals surface area contributed by atoms with E-state index in [2.05, 4.69) is 11.3 Å². The second kappa shape index (κ2) is 4.29. The highest BCUT2D eigenvalue weighted by atomic mass is 19.4. The average molecular weight is 279 g/mol. The molecular weight excluding hydrogens is 274 g/mol. The van der Waals surface area contributed by atoms with Gasteiger partial charge in [0, 0.05) is 6.20 Å². The minimum absolute atomic E-state index is 0.124. The molecule has 0 amide bonds. The highest BCUT2D eigenvalue weighted by Crippen LogP contribution is 2.40. The Balaban J connectivity index is 2.61. The van der Waals surface area contributed by atoms with Crippen molar-refractivity contribution in [2.24, 2.45) is 0 Å². The van der Waals surface area contributed by atoms with Crippen molar-refractivity contribution in [2.75, 3.05) is 0 Å². The first-order valence-corrected chi connectivity index (χ1v) is 4.90. The molecule has 0 fully saturated rings. The van der Waals surface area contributed by atoms with Crippen molar-refractivity contribution in [3.8, 4) is 5.69 Å². The number of alkyl halides is 6. The molecule has 8 heteroatoms. The molecule has 0 aliphatic rings. The van der Waals surface area contributed by atoms with Crippen LogP contribution in [0.1, 0.15) is 11.1 Å². The van der Waals surface area contributed by atoms with E-state index in [4.69, 9.17) is 0 Å². The van der Waals surface area contributed by atoms with E-state index >= 15 is 0 Å². The molecule has 0 spiro atoms. The molecule has 1 aromatic carbocycles. The van der Waals surface area contributed by atoms with Gasteiger partial charge in [0.1, 0.15) is 6.20 Å². The van der Waals surface area contributed by atoms with Crippen molar-refractivity contribution in [1.29, 1.82) is 0 Å².